The van der Waals surface area contributed by atoms with Crippen molar-refractivity contribution in [3.8, 4) is 0 Å². The molecule has 76 valence electrons. The molecular weight excluding hydrogens is 198 g/mol. The minimum Gasteiger partial charge on any atom is -0.479 e. The summed E-state index contributed by atoms with van der Waals surface area (Å²) in [6.07, 6.45) is 0.0144. The summed E-state index contributed by atoms with van der Waals surface area (Å²) < 4.78 is 28.0. The van der Waals surface area contributed by atoms with Gasteiger partial charge in [0.2, 0.25) is 10.0 Å². The highest BCUT2D eigenvalue weighted by molar-refractivity contribution is 7.88. The van der Waals surface area contributed by atoms with Crippen LogP contribution in [0.1, 0.15) is 0 Å². The number of carboxylic acid groups (broad SMARTS) is 1. The molecule has 1 unspecified atom stereocenters. The van der Waals surface area contributed by atoms with Gasteiger partial charge in [-0.3, -0.25) is 0 Å². The Balaban J connectivity index is 2.67. The lowest BCUT2D eigenvalue weighted by molar-refractivity contribution is -0.153. The molecule has 1 aliphatic rings. The van der Waals surface area contributed by atoms with Crippen LogP contribution in [0.5, 0.6) is 0 Å². The van der Waals surface area contributed by atoms with Crippen LogP contribution in [0.15, 0.2) is 0 Å². The van der Waals surface area contributed by atoms with Crippen LogP contribution in [0.25, 0.3) is 0 Å². The predicted molar refractivity (Wildman–Crippen MR) is 43.8 cm³/mol. The van der Waals surface area contributed by atoms with E-state index in [9.17, 15) is 13.2 Å². The first-order valence-corrected chi connectivity index (χ1v) is 5.55. The van der Waals surface area contributed by atoms with Crippen LogP contribution < -0.4 is 0 Å². The number of hydrogen-bond acceptors (Lipinski definition) is 4. The van der Waals surface area contributed by atoms with Crippen LogP contribution in [0.2, 0.25) is 0 Å². The number of aliphatic carboxylic acids is 1. The van der Waals surface area contributed by atoms with Gasteiger partial charge in [0.25, 0.3) is 0 Å². The number of ether oxygens (including phenoxy) is 1. The minimum absolute atomic E-state index is 0.103. The van der Waals surface area contributed by atoms with Gasteiger partial charge in [0.05, 0.1) is 19.4 Å². The van der Waals surface area contributed by atoms with Gasteiger partial charge in [0, 0.05) is 6.54 Å². The van der Waals surface area contributed by atoms with Crippen molar-refractivity contribution < 1.29 is 23.1 Å². The largest absolute Gasteiger partial charge is 0.479 e. The second-order valence-electron chi connectivity index (χ2n) is 2.82. The van der Waals surface area contributed by atoms with E-state index in [4.69, 9.17) is 9.84 Å². The molecule has 1 saturated heterocycles. The highest BCUT2D eigenvalue weighted by atomic mass is 32.2. The molecule has 13 heavy (non-hydrogen) atoms. The molecule has 7 heteroatoms. The van der Waals surface area contributed by atoms with Crippen LogP contribution in [0.3, 0.4) is 0 Å². The number of carboxylic acids is 1. The lowest BCUT2D eigenvalue weighted by atomic mass is 10.3. The molecule has 6 nitrogen and oxygen atoms in total. The van der Waals surface area contributed by atoms with Crippen molar-refractivity contribution in [2.45, 2.75) is 6.10 Å². The third kappa shape index (κ3) is 2.64. The summed E-state index contributed by atoms with van der Waals surface area (Å²) in [4.78, 5) is 10.5. The average Bonchev–Trinajstić information content (AvgIpc) is 2.03. The molecule has 1 heterocycles. The van der Waals surface area contributed by atoms with E-state index in [1.807, 2.05) is 0 Å². The third-order valence-corrected chi connectivity index (χ3v) is 3.04. The summed E-state index contributed by atoms with van der Waals surface area (Å²) >= 11 is 0. The zero-order valence-corrected chi connectivity index (χ0v) is 7.95. The lowest BCUT2D eigenvalue weighted by Gasteiger charge is -2.28. The van der Waals surface area contributed by atoms with Crippen molar-refractivity contribution in [2.75, 3.05) is 26.0 Å². The molecule has 0 amide bonds. The standard InChI is InChI=1S/C6H11NO5S/c1-13(10,11)7-2-3-12-5(4-7)6(8)9/h5H,2-4H2,1H3,(H,8,9). The molecule has 0 aromatic heterocycles. The highest BCUT2D eigenvalue weighted by Gasteiger charge is 2.30. The summed E-state index contributed by atoms with van der Waals surface area (Å²) in [5.41, 5.74) is 0. The highest BCUT2D eigenvalue weighted by Crippen LogP contribution is 2.08. The summed E-state index contributed by atoms with van der Waals surface area (Å²) in [6.45, 7) is 0.251. The Morgan fingerprint density at radius 1 is 1.62 bits per heavy atom. The zero-order chi connectivity index (χ0) is 10.1. The maximum absolute atomic E-state index is 11.0. The van der Waals surface area contributed by atoms with Gasteiger partial charge in [0.1, 0.15) is 0 Å². The Kier molecular flexibility index (Phi) is 2.89. The zero-order valence-electron chi connectivity index (χ0n) is 7.13. The Bertz CT molecular complexity index is 298. The fourth-order valence-electron chi connectivity index (χ4n) is 1.08. The predicted octanol–water partition coefficient (Wildman–Crippen LogP) is -1.27. The van der Waals surface area contributed by atoms with E-state index in [1.54, 1.807) is 0 Å². The van der Waals surface area contributed by atoms with Crippen molar-refractivity contribution >= 4 is 16.0 Å². The number of hydrogen-bond donors (Lipinski definition) is 1. The van der Waals surface area contributed by atoms with E-state index in [1.165, 1.54) is 0 Å². The second kappa shape index (κ2) is 3.60. The molecule has 0 aromatic carbocycles. The van der Waals surface area contributed by atoms with Crippen LogP contribution >= 0.6 is 0 Å². The summed E-state index contributed by atoms with van der Waals surface area (Å²) in [5, 5.41) is 8.58. The van der Waals surface area contributed by atoms with Gasteiger partial charge in [-0.1, -0.05) is 0 Å². The molecule has 1 fully saturated rings. The molecule has 1 atom stereocenters. The Morgan fingerprint density at radius 3 is 2.69 bits per heavy atom. The Morgan fingerprint density at radius 2 is 2.23 bits per heavy atom. The fraction of sp³-hybridized carbons (Fsp3) is 0.833. The molecule has 0 spiro atoms. The summed E-state index contributed by atoms with van der Waals surface area (Å²) in [5.74, 6) is -1.13. The number of sulfonamides is 1. The van der Waals surface area contributed by atoms with Crippen LogP contribution in [0, 0.1) is 0 Å². The molecular formula is C6H11NO5S. The molecule has 1 rings (SSSR count). The van der Waals surface area contributed by atoms with E-state index in [2.05, 4.69) is 0 Å². The van der Waals surface area contributed by atoms with Crippen molar-refractivity contribution in [1.29, 1.82) is 0 Å². The fourth-order valence-corrected chi connectivity index (χ4v) is 1.89. The summed E-state index contributed by atoms with van der Waals surface area (Å²) in [6, 6.07) is 0. The topological polar surface area (TPSA) is 83.9 Å². The van der Waals surface area contributed by atoms with Crippen LogP contribution in [0.4, 0.5) is 0 Å². The Labute approximate surface area is 76.1 Å². The lowest BCUT2D eigenvalue weighted by Crippen LogP contribution is -2.48. The van der Waals surface area contributed by atoms with E-state index in [-0.39, 0.29) is 19.7 Å². The normalized spacial score (nSPS) is 25.8. The summed E-state index contributed by atoms with van der Waals surface area (Å²) in [7, 11) is -3.30. The van der Waals surface area contributed by atoms with Gasteiger partial charge in [-0.05, 0) is 0 Å². The molecule has 0 aliphatic carbocycles. The van der Waals surface area contributed by atoms with E-state index in [0.29, 0.717) is 0 Å². The van der Waals surface area contributed by atoms with Crippen LogP contribution in [-0.4, -0.2) is 55.9 Å². The van der Waals surface area contributed by atoms with Gasteiger partial charge < -0.3 is 9.84 Å². The number of carbonyl (C=O) groups is 1. The van der Waals surface area contributed by atoms with E-state index >= 15 is 0 Å². The monoisotopic (exact) mass is 209 g/mol. The minimum atomic E-state index is -3.30. The van der Waals surface area contributed by atoms with Gasteiger partial charge in [-0.25, -0.2) is 13.2 Å². The average molecular weight is 209 g/mol. The molecule has 1 N–H and O–H groups in total. The maximum Gasteiger partial charge on any atom is 0.334 e. The van der Waals surface area contributed by atoms with Crippen molar-refractivity contribution in [3.63, 3.8) is 0 Å². The maximum atomic E-state index is 11.0. The number of nitrogens with zero attached hydrogens (tertiary/aromatic N) is 1. The Hall–Kier alpha value is -0.660. The SMILES string of the molecule is CS(=O)(=O)N1CCOC(C(=O)O)C1. The molecule has 0 bridgehead atoms. The molecule has 0 saturated carbocycles. The first kappa shape index (κ1) is 10.4. The van der Waals surface area contributed by atoms with Gasteiger partial charge in [0.15, 0.2) is 6.10 Å². The molecule has 1 aliphatic heterocycles. The van der Waals surface area contributed by atoms with Crippen LogP contribution in [-0.2, 0) is 19.6 Å². The van der Waals surface area contributed by atoms with Gasteiger partial charge in [-0.15, -0.1) is 0 Å². The first-order chi connectivity index (χ1) is 5.91. The number of morpholine rings is 1. The molecule has 0 aromatic rings. The smallest absolute Gasteiger partial charge is 0.334 e. The van der Waals surface area contributed by atoms with Crippen molar-refractivity contribution in [2.24, 2.45) is 0 Å². The van der Waals surface area contributed by atoms with Crippen molar-refractivity contribution in [3.05, 3.63) is 0 Å². The second-order valence-corrected chi connectivity index (χ2v) is 4.80. The van der Waals surface area contributed by atoms with E-state index in [0.717, 1.165) is 10.6 Å². The van der Waals surface area contributed by atoms with E-state index < -0.39 is 22.1 Å². The van der Waals surface area contributed by atoms with Gasteiger partial charge >= 0.3 is 5.97 Å². The number of rotatable bonds is 2. The first-order valence-electron chi connectivity index (χ1n) is 3.71. The van der Waals surface area contributed by atoms with Gasteiger partial charge in [-0.2, -0.15) is 4.31 Å². The molecule has 0 radical (unpaired) electrons. The third-order valence-electron chi connectivity index (χ3n) is 1.77. The van der Waals surface area contributed by atoms with Crippen molar-refractivity contribution in [1.82, 2.24) is 4.31 Å². The quantitative estimate of drug-likeness (QED) is 0.613.